The summed E-state index contributed by atoms with van der Waals surface area (Å²) in [5.41, 5.74) is 1.64. The third-order valence-electron chi connectivity index (χ3n) is 3.73. The van der Waals surface area contributed by atoms with Gasteiger partial charge in [-0.05, 0) is 25.2 Å². The zero-order chi connectivity index (χ0) is 18.2. The zero-order valence-electron chi connectivity index (χ0n) is 15.0. The molecule has 25 heavy (non-hydrogen) atoms. The molecule has 1 N–H and O–H groups in total. The number of methoxy groups -OCH3 is 3. The van der Waals surface area contributed by atoms with Gasteiger partial charge in [-0.2, -0.15) is 0 Å². The summed E-state index contributed by atoms with van der Waals surface area (Å²) in [6.45, 7) is 0.819. The highest BCUT2D eigenvalue weighted by molar-refractivity contribution is 5.93. The van der Waals surface area contributed by atoms with E-state index in [1.54, 1.807) is 21.3 Å². The van der Waals surface area contributed by atoms with Crippen molar-refractivity contribution in [3.8, 4) is 17.2 Å². The van der Waals surface area contributed by atoms with Crippen LogP contribution in [0, 0.1) is 0 Å². The highest BCUT2D eigenvalue weighted by atomic mass is 16.5. The maximum Gasteiger partial charge on any atom is 0.238 e. The first-order chi connectivity index (χ1) is 12.1. The first-order valence-electron chi connectivity index (χ1n) is 7.89. The highest BCUT2D eigenvalue weighted by Crippen LogP contribution is 2.26. The van der Waals surface area contributed by atoms with Crippen LogP contribution in [-0.2, 0) is 11.3 Å². The highest BCUT2D eigenvalue weighted by Gasteiger charge is 2.12. The van der Waals surface area contributed by atoms with Crippen molar-refractivity contribution in [3.05, 3.63) is 48.0 Å². The second-order valence-corrected chi connectivity index (χ2v) is 5.60. The fourth-order valence-electron chi connectivity index (χ4n) is 2.51. The number of hydrogen-bond acceptors (Lipinski definition) is 5. The van der Waals surface area contributed by atoms with Crippen LogP contribution >= 0.6 is 0 Å². The maximum absolute atomic E-state index is 12.3. The molecule has 0 aliphatic carbocycles. The number of carbonyl (C=O) groups excluding carboxylic acids is 1. The van der Waals surface area contributed by atoms with E-state index in [1.165, 1.54) is 0 Å². The van der Waals surface area contributed by atoms with E-state index >= 15 is 0 Å². The lowest BCUT2D eigenvalue weighted by molar-refractivity contribution is -0.117. The Morgan fingerprint density at radius 1 is 1.00 bits per heavy atom. The summed E-state index contributed by atoms with van der Waals surface area (Å²) in [5.74, 6) is 1.99. The van der Waals surface area contributed by atoms with E-state index in [0.717, 1.165) is 17.1 Å². The van der Waals surface area contributed by atoms with Crippen molar-refractivity contribution in [1.29, 1.82) is 0 Å². The lowest BCUT2D eigenvalue weighted by atomic mass is 10.2. The number of anilines is 1. The van der Waals surface area contributed by atoms with Gasteiger partial charge in [-0.3, -0.25) is 9.69 Å². The largest absolute Gasteiger partial charge is 0.497 e. The molecule has 0 atom stereocenters. The van der Waals surface area contributed by atoms with Gasteiger partial charge in [0.15, 0.2) is 0 Å². The molecule has 2 aromatic rings. The average molecular weight is 344 g/mol. The molecular weight excluding hydrogens is 320 g/mol. The van der Waals surface area contributed by atoms with E-state index in [-0.39, 0.29) is 12.5 Å². The van der Waals surface area contributed by atoms with Gasteiger partial charge in [0.1, 0.15) is 17.2 Å². The monoisotopic (exact) mass is 344 g/mol. The van der Waals surface area contributed by atoms with E-state index in [2.05, 4.69) is 5.32 Å². The predicted molar refractivity (Wildman–Crippen MR) is 97.5 cm³/mol. The third-order valence-corrected chi connectivity index (χ3v) is 3.73. The van der Waals surface area contributed by atoms with Crippen molar-refractivity contribution >= 4 is 11.6 Å². The summed E-state index contributed by atoms with van der Waals surface area (Å²) < 4.78 is 15.8. The minimum atomic E-state index is -0.112. The van der Waals surface area contributed by atoms with Gasteiger partial charge >= 0.3 is 0 Å². The normalized spacial score (nSPS) is 10.4. The standard InChI is InChI=1S/C19H24N2O4/c1-21(12-14-9-10-15(23-2)11-18(14)25-4)13-19(22)20-16-7-5-6-8-17(16)24-3/h5-11H,12-13H2,1-4H3,(H,20,22). The zero-order valence-corrected chi connectivity index (χ0v) is 15.0. The molecule has 2 rings (SSSR count). The summed E-state index contributed by atoms with van der Waals surface area (Å²) in [6.07, 6.45) is 0. The van der Waals surface area contributed by atoms with Crippen LogP contribution in [0.2, 0.25) is 0 Å². The number of benzene rings is 2. The fourth-order valence-corrected chi connectivity index (χ4v) is 2.51. The van der Waals surface area contributed by atoms with Crippen LogP contribution in [0.4, 0.5) is 5.69 Å². The van der Waals surface area contributed by atoms with E-state index in [4.69, 9.17) is 14.2 Å². The number of carbonyl (C=O) groups is 1. The van der Waals surface area contributed by atoms with Gasteiger partial charge in [0.2, 0.25) is 5.91 Å². The lowest BCUT2D eigenvalue weighted by Crippen LogP contribution is -2.30. The molecule has 0 heterocycles. The Morgan fingerprint density at radius 2 is 1.72 bits per heavy atom. The van der Waals surface area contributed by atoms with Gasteiger partial charge < -0.3 is 19.5 Å². The maximum atomic E-state index is 12.3. The van der Waals surface area contributed by atoms with Crippen LogP contribution < -0.4 is 19.5 Å². The van der Waals surface area contributed by atoms with Crippen LogP contribution in [0.5, 0.6) is 17.2 Å². The molecule has 0 fully saturated rings. The molecule has 0 saturated heterocycles. The molecule has 2 aromatic carbocycles. The average Bonchev–Trinajstić information content (AvgIpc) is 2.62. The van der Waals surface area contributed by atoms with Crippen molar-refractivity contribution in [2.75, 3.05) is 40.2 Å². The predicted octanol–water partition coefficient (Wildman–Crippen LogP) is 2.78. The summed E-state index contributed by atoms with van der Waals surface area (Å²) >= 11 is 0. The first-order valence-corrected chi connectivity index (χ1v) is 7.89. The molecule has 6 heteroatoms. The van der Waals surface area contributed by atoms with Crippen LogP contribution in [0.3, 0.4) is 0 Å². The van der Waals surface area contributed by atoms with E-state index in [9.17, 15) is 4.79 Å². The van der Waals surface area contributed by atoms with E-state index < -0.39 is 0 Å². The van der Waals surface area contributed by atoms with Crippen molar-refractivity contribution in [1.82, 2.24) is 4.90 Å². The number of likely N-dealkylation sites (N-methyl/N-ethyl adjacent to an activating group) is 1. The number of hydrogen-bond donors (Lipinski definition) is 1. The van der Waals surface area contributed by atoms with Crippen LogP contribution in [0.1, 0.15) is 5.56 Å². The van der Waals surface area contributed by atoms with Crippen molar-refractivity contribution in [2.45, 2.75) is 6.54 Å². The lowest BCUT2D eigenvalue weighted by Gasteiger charge is -2.19. The van der Waals surface area contributed by atoms with Gasteiger partial charge in [-0.1, -0.05) is 18.2 Å². The molecule has 1 amide bonds. The molecule has 0 aliphatic heterocycles. The number of nitrogens with one attached hydrogen (secondary N) is 1. The van der Waals surface area contributed by atoms with Crippen LogP contribution in [0.15, 0.2) is 42.5 Å². The van der Waals surface area contributed by atoms with Crippen LogP contribution in [-0.4, -0.2) is 45.7 Å². The SMILES string of the molecule is COc1ccc(CN(C)CC(=O)Nc2ccccc2OC)c(OC)c1. The molecule has 0 aliphatic rings. The summed E-state index contributed by atoms with van der Waals surface area (Å²) in [7, 11) is 6.69. The quantitative estimate of drug-likeness (QED) is 0.798. The number of amides is 1. The Hall–Kier alpha value is -2.73. The van der Waals surface area contributed by atoms with Crippen molar-refractivity contribution in [3.63, 3.8) is 0 Å². The molecule has 0 bridgehead atoms. The number of ether oxygens (including phenoxy) is 3. The Balaban J connectivity index is 1.98. The fraction of sp³-hybridized carbons (Fsp3) is 0.316. The smallest absolute Gasteiger partial charge is 0.238 e. The van der Waals surface area contributed by atoms with Gasteiger partial charge in [-0.15, -0.1) is 0 Å². The third kappa shape index (κ3) is 5.12. The summed E-state index contributed by atoms with van der Waals surface area (Å²) in [6, 6.07) is 13.0. The molecule has 0 radical (unpaired) electrons. The number of para-hydroxylation sites is 2. The molecule has 0 spiro atoms. The number of nitrogens with zero attached hydrogens (tertiary/aromatic N) is 1. The topological polar surface area (TPSA) is 60.0 Å². The van der Waals surface area contributed by atoms with E-state index in [0.29, 0.717) is 18.0 Å². The van der Waals surface area contributed by atoms with Gasteiger partial charge in [0, 0.05) is 18.2 Å². The first kappa shape index (κ1) is 18.6. The molecule has 0 aromatic heterocycles. The van der Waals surface area contributed by atoms with Crippen LogP contribution in [0.25, 0.3) is 0 Å². The Bertz CT molecular complexity index is 718. The van der Waals surface area contributed by atoms with Gasteiger partial charge in [0.25, 0.3) is 0 Å². The Labute approximate surface area is 148 Å². The number of rotatable bonds is 8. The van der Waals surface area contributed by atoms with Gasteiger partial charge in [-0.25, -0.2) is 0 Å². The van der Waals surface area contributed by atoms with Gasteiger partial charge in [0.05, 0.1) is 33.6 Å². The Morgan fingerprint density at radius 3 is 2.40 bits per heavy atom. The second-order valence-electron chi connectivity index (χ2n) is 5.60. The molecule has 6 nitrogen and oxygen atoms in total. The minimum Gasteiger partial charge on any atom is -0.497 e. The molecule has 134 valence electrons. The van der Waals surface area contributed by atoms with E-state index in [1.807, 2.05) is 54.4 Å². The molecule has 0 saturated carbocycles. The summed E-state index contributed by atoms with van der Waals surface area (Å²) in [4.78, 5) is 14.2. The van der Waals surface area contributed by atoms with Crippen molar-refractivity contribution < 1.29 is 19.0 Å². The van der Waals surface area contributed by atoms with Crippen molar-refractivity contribution in [2.24, 2.45) is 0 Å². The molecular formula is C19H24N2O4. The second kappa shape index (κ2) is 8.94. The Kier molecular flexibility index (Phi) is 6.65. The molecule has 0 unspecified atom stereocenters. The summed E-state index contributed by atoms with van der Waals surface area (Å²) in [5, 5.41) is 2.87. The minimum absolute atomic E-state index is 0.112.